The van der Waals surface area contributed by atoms with Crippen LogP contribution in [-0.4, -0.2) is 39.1 Å². The highest BCUT2D eigenvalue weighted by molar-refractivity contribution is 7.13. The van der Waals surface area contributed by atoms with E-state index in [0.29, 0.717) is 29.4 Å². The number of hydrogen-bond donors (Lipinski definition) is 0. The van der Waals surface area contributed by atoms with E-state index >= 15 is 0 Å². The van der Waals surface area contributed by atoms with E-state index in [9.17, 15) is 0 Å². The van der Waals surface area contributed by atoms with Gasteiger partial charge < -0.3 is 18.9 Å². The summed E-state index contributed by atoms with van der Waals surface area (Å²) >= 11 is 1.58. The third kappa shape index (κ3) is 4.03. The van der Waals surface area contributed by atoms with E-state index in [1.807, 2.05) is 53.7 Å². The Morgan fingerprint density at radius 2 is 1.52 bits per heavy atom. The molecule has 0 spiro atoms. The third-order valence-corrected chi connectivity index (χ3v) is 6.17. The highest BCUT2D eigenvalue weighted by Gasteiger charge is 2.32. The number of hydrazone groups is 1. The van der Waals surface area contributed by atoms with Crippen LogP contribution in [0.5, 0.6) is 23.0 Å². The van der Waals surface area contributed by atoms with Crippen molar-refractivity contribution < 1.29 is 18.9 Å². The van der Waals surface area contributed by atoms with Crippen LogP contribution in [0.3, 0.4) is 0 Å². The van der Waals surface area contributed by atoms with Gasteiger partial charge in [0.1, 0.15) is 0 Å². The maximum absolute atomic E-state index is 5.52. The van der Waals surface area contributed by atoms with E-state index in [0.717, 1.165) is 27.7 Å². The lowest BCUT2D eigenvalue weighted by Crippen LogP contribution is -2.18. The molecule has 0 saturated heterocycles. The van der Waals surface area contributed by atoms with Gasteiger partial charge in [-0.15, -0.1) is 11.3 Å². The monoisotopic (exact) mass is 439 g/mol. The van der Waals surface area contributed by atoms with Gasteiger partial charge in [0.15, 0.2) is 23.0 Å². The summed E-state index contributed by atoms with van der Waals surface area (Å²) in [6.45, 7) is 1.99. The standard InChI is InChI=1S/C23H25N3O4S/c1-14-13-31-23(24-14)26-18(16-7-9-20(28-3)22(11-16)30-5)12-17(25-26)15-6-8-19(27-2)21(10-15)29-4/h6-11,13,18H,12H2,1-5H3/t18-/m0/s1. The molecule has 0 aliphatic carbocycles. The molecule has 0 unspecified atom stereocenters. The second-order valence-corrected chi connectivity index (χ2v) is 7.90. The van der Waals surface area contributed by atoms with Crippen molar-refractivity contribution in [3.05, 3.63) is 58.6 Å². The Balaban J connectivity index is 1.75. The van der Waals surface area contributed by atoms with Crippen molar-refractivity contribution in [2.45, 2.75) is 19.4 Å². The van der Waals surface area contributed by atoms with E-state index in [1.54, 1.807) is 39.8 Å². The predicted octanol–water partition coefficient (Wildman–Crippen LogP) is 4.84. The summed E-state index contributed by atoms with van der Waals surface area (Å²) in [7, 11) is 6.54. The predicted molar refractivity (Wildman–Crippen MR) is 122 cm³/mol. The zero-order valence-corrected chi connectivity index (χ0v) is 19.0. The Morgan fingerprint density at radius 3 is 2.13 bits per heavy atom. The average molecular weight is 440 g/mol. The van der Waals surface area contributed by atoms with Gasteiger partial charge in [-0.05, 0) is 42.8 Å². The molecule has 1 aromatic heterocycles. The minimum Gasteiger partial charge on any atom is -0.493 e. The van der Waals surface area contributed by atoms with E-state index in [1.165, 1.54) is 0 Å². The van der Waals surface area contributed by atoms with E-state index in [4.69, 9.17) is 24.0 Å². The summed E-state index contributed by atoms with van der Waals surface area (Å²) in [5.74, 6) is 2.75. The minimum atomic E-state index is -0.0200. The van der Waals surface area contributed by atoms with Crippen LogP contribution in [0, 0.1) is 6.92 Å². The Morgan fingerprint density at radius 1 is 0.871 bits per heavy atom. The fraction of sp³-hybridized carbons (Fsp3) is 0.304. The van der Waals surface area contributed by atoms with Crippen molar-refractivity contribution in [3.8, 4) is 23.0 Å². The molecule has 1 atom stereocenters. The molecule has 3 aromatic rings. The number of ether oxygens (including phenoxy) is 4. The smallest absolute Gasteiger partial charge is 0.206 e. The van der Waals surface area contributed by atoms with Crippen molar-refractivity contribution in [2.75, 3.05) is 33.4 Å². The number of thiazole rings is 1. The molecule has 162 valence electrons. The lowest BCUT2D eigenvalue weighted by molar-refractivity contribution is 0.354. The third-order valence-electron chi connectivity index (χ3n) is 5.22. The van der Waals surface area contributed by atoms with Gasteiger partial charge in [0.25, 0.3) is 0 Å². The van der Waals surface area contributed by atoms with Crippen LogP contribution in [0.25, 0.3) is 0 Å². The largest absolute Gasteiger partial charge is 0.493 e. The number of methoxy groups -OCH3 is 4. The molecule has 1 aliphatic rings. The van der Waals surface area contributed by atoms with Gasteiger partial charge in [0.05, 0.1) is 45.9 Å². The first-order valence-electron chi connectivity index (χ1n) is 9.81. The molecule has 0 saturated carbocycles. The lowest BCUT2D eigenvalue weighted by Gasteiger charge is -2.22. The summed E-state index contributed by atoms with van der Waals surface area (Å²) in [5.41, 5.74) is 3.98. The van der Waals surface area contributed by atoms with Crippen molar-refractivity contribution in [1.82, 2.24) is 4.98 Å². The molecule has 8 heteroatoms. The molecule has 0 radical (unpaired) electrons. The van der Waals surface area contributed by atoms with Crippen molar-refractivity contribution >= 4 is 22.2 Å². The Labute approximate surface area is 185 Å². The van der Waals surface area contributed by atoms with Crippen LogP contribution in [0.1, 0.15) is 29.3 Å². The first-order valence-corrected chi connectivity index (χ1v) is 10.7. The van der Waals surface area contributed by atoms with E-state index in [-0.39, 0.29) is 6.04 Å². The van der Waals surface area contributed by atoms with Crippen LogP contribution in [0.4, 0.5) is 5.13 Å². The number of rotatable bonds is 7. The zero-order valence-electron chi connectivity index (χ0n) is 18.2. The average Bonchev–Trinajstić information content (AvgIpc) is 3.44. The molecule has 0 amide bonds. The van der Waals surface area contributed by atoms with Crippen molar-refractivity contribution in [1.29, 1.82) is 0 Å². The molecule has 7 nitrogen and oxygen atoms in total. The van der Waals surface area contributed by atoms with Gasteiger partial charge >= 0.3 is 0 Å². The number of aryl methyl sites for hydroxylation is 1. The van der Waals surface area contributed by atoms with Gasteiger partial charge in [-0.3, -0.25) is 0 Å². The fourth-order valence-corrected chi connectivity index (χ4v) is 4.44. The number of nitrogens with zero attached hydrogens (tertiary/aromatic N) is 3. The van der Waals surface area contributed by atoms with Gasteiger partial charge in [-0.2, -0.15) is 5.10 Å². The Kier molecular flexibility index (Phi) is 5.99. The first-order chi connectivity index (χ1) is 15.1. The highest BCUT2D eigenvalue weighted by atomic mass is 32.1. The topological polar surface area (TPSA) is 65.4 Å². The maximum atomic E-state index is 5.52. The summed E-state index contributed by atoms with van der Waals surface area (Å²) in [5, 5.41) is 9.84. The fourth-order valence-electron chi connectivity index (χ4n) is 3.64. The second-order valence-electron chi connectivity index (χ2n) is 7.07. The second kappa shape index (κ2) is 8.85. The van der Waals surface area contributed by atoms with Gasteiger partial charge in [0.2, 0.25) is 5.13 Å². The number of benzene rings is 2. The molecule has 31 heavy (non-hydrogen) atoms. The highest BCUT2D eigenvalue weighted by Crippen LogP contribution is 2.41. The minimum absolute atomic E-state index is 0.0200. The summed E-state index contributed by atoms with van der Waals surface area (Å²) in [6.07, 6.45) is 0.712. The van der Waals surface area contributed by atoms with Crippen LogP contribution < -0.4 is 24.0 Å². The van der Waals surface area contributed by atoms with E-state index < -0.39 is 0 Å². The Bertz CT molecular complexity index is 1110. The number of anilines is 1. The number of aromatic nitrogens is 1. The molecule has 1 aliphatic heterocycles. The van der Waals surface area contributed by atoms with Crippen molar-refractivity contribution in [2.24, 2.45) is 5.10 Å². The normalized spacial score (nSPS) is 15.6. The van der Waals surface area contributed by atoms with Crippen LogP contribution in [0.15, 0.2) is 46.9 Å². The maximum Gasteiger partial charge on any atom is 0.206 e. The van der Waals surface area contributed by atoms with E-state index in [2.05, 4.69) is 4.98 Å². The molecule has 0 bridgehead atoms. The molecule has 0 N–H and O–H groups in total. The van der Waals surface area contributed by atoms with Crippen LogP contribution >= 0.6 is 11.3 Å². The molecule has 2 aromatic carbocycles. The summed E-state index contributed by atoms with van der Waals surface area (Å²) in [4.78, 5) is 4.67. The van der Waals surface area contributed by atoms with Crippen LogP contribution in [0.2, 0.25) is 0 Å². The first kappa shape index (κ1) is 21.0. The van der Waals surface area contributed by atoms with Gasteiger partial charge in [0, 0.05) is 17.4 Å². The molecule has 0 fully saturated rings. The van der Waals surface area contributed by atoms with Crippen molar-refractivity contribution in [3.63, 3.8) is 0 Å². The SMILES string of the molecule is COc1ccc(C2=NN(c3nc(C)cs3)[C@H](c3ccc(OC)c(OC)c3)C2)cc1OC. The summed E-state index contributed by atoms with van der Waals surface area (Å²) < 4.78 is 21.8. The molecular weight excluding hydrogens is 414 g/mol. The summed E-state index contributed by atoms with van der Waals surface area (Å²) in [6, 6.07) is 11.8. The zero-order chi connectivity index (χ0) is 22.0. The van der Waals surface area contributed by atoms with Crippen LogP contribution in [-0.2, 0) is 0 Å². The molecule has 2 heterocycles. The lowest BCUT2D eigenvalue weighted by atomic mass is 9.98. The van der Waals surface area contributed by atoms with Gasteiger partial charge in [-0.1, -0.05) is 6.07 Å². The molecule has 4 rings (SSSR count). The van der Waals surface area contributed by atoms with Gasteiger partial charge in [-0.25, -0.2) is 9.99 Å². The quantitative estimate of drug-likeness (QED) is 0.525. The number of hydrogen-bond acceptors (Lipinski definition) is 8. The Hall–Kier alpha value is -3.26. The molecular formula is C23H25N3O4S.